The van der Waals surface area contributed by atoms with Crippen molar-refractivity contribution >= 4 is 18.0 Å². The number of hydrogen-bond donors (Lipinski definition) is 0. The molecule has 0 spiro atoms. The van der Waals surface area contributed by atoms with Gasteiger partial charge in [-0.15, -0.1) is 0 Å². The fourth-order valence-corrected chi connectivity index (χ4v) is 3.82. The highest BCUT2D eigenvalue weighted by atomic mass is 16.5. The second-order valence-electron chi connectivity index (χ2n) is 7.83. The molecular weight excluding hydrogens is 378 g/mol. The fraction of sp³-hybridized carbons (Fsp3) is 0.375. The van der Waals surface area contributed by atoms with Crippen molar-refractivity contribution in [3.05, 3.63) is 64.7 Å². The summed E-state index contributed by atoms with van der Waals surface area (Å²) in [5.74, 6) is 0.687. The summed E-state index contributed by atoms with van der Waals surface area (Å²) in [6.07, 6.45) is 3.76. The number of amides is 2. The number of rotatable bonds is 8. The van der Waals surface area contributed by atoms with Crippen LogP contribution in [0.4, 0.5) is 0 Å². The lowest BCUT2D eigenvalue weighted by Gasteiger charge is -2.34. The van der Waals surface area contributed by atoms with Crippen LogP contribution in [0.1, 0.15) is 46.8 Å². The number of carbonyl (C=O) groups is 2. The molecule has 6 heteroatoms. The van der Waals surface area contributed by atoms with Crippen molar-refractivity contribution < 1.29 is 14.3 Å². The number of ether oxygens (including phenoxy) is 1. The molecule has 0 atom stereocenters. The molecule has 2 aliphatic heterocycles. The second-order valence-corrected chi connectivity index (χ2v) is 7.83. The van der Waals surface area contributed by atoms with E-state index in [2.05, 4.69) is 41.1 Å². The molecule has 30 heavy (non-hydrogen) atoms. The van der Waals surface area contributed by atoms with Crippen molar-refractivity contribution in [2.45, 2.75) is 32.9 Å². The Morgan fingerprint density at radius 1 is 1.03 bits per heavy atom. The number of benzene rings is 2. The predicted molar refractivity (Wildman–Crippen MR) is 116 cm³/mol. The maximum atomic E-state index is 12.3. The van der Waals surface area contributed by atoms with E-state index in [1.807, 2.05) is 17.0 Å². The number of unbranched alkanes of at least 4 members (excludes halogenated alkanes) is 1. The van der Waals surface area contributed by atoms with E-state index >= 15 is 0 Å². The third kappa shape index (κ3) is 4.60. The first-order chi connectivity index (χ1) is 14.6. The summed E-state index contributed by atoms with van der Waals surface area (Å²) in [7, 11) is 0. The standard InChI is InChI=1S/C24H27N3O3/c1-2-3-11-27-13-12-26(16-23(27)28)15-18-7-9-19(10-8-18)17-30-22-6-4-5-20-21(22)14-25-24(20)29/h4-10,14H,2-3,11-13,15-17H2,1H3. The molecule has 0 radical (unpaired) electrons. The number of carbonyl (C=O) groups excluding carboxylic acids is 2. The summed E-state index contributed by atoms with van der Waals surface area (Å²) < 4.78 is 5.93. The Balaban J connectivity index is 1.30. The molecular formula is C24H27N3O3. The lowest BCUT2D eigenvalue weighted by Crippen LogP contribution is -2.50. The van der Waals surface area contributed by atoms with Gasteiger partial charge < -0.3 is 9.64 Å². The van der Waals surface area contributed by atoms with Gasteiger partial charge in [0.05, 0.1) is 12.1 Å². The average molecular weight is 405 g/mol. The second kappa shape index (κ2) is 9.22. The van der Waals surface area contributed by atoms with Crippen LogP contribution in [0.2, 0.25) is 0 Å². The summed E-state index contributed by atoms with van der Waals surface area (Å²) in [6.45, 7) is 6.46. The van der Waals surface area contributed by atoms with Gasteiger partial charge >= 0.3 is 0 Å². The minimum Gasteiger partial charge on any atom is -0.488 e. The van der Waals surface area contributed by atoms with Crippen molar-refractivity contribution in [1.82, 2.24) is 9.80 Å². The Bertz CT molecular complexity index is 953. The number of piperazine rings is 1. The van der Waals surface area contributed by atoms with Gasteiger partial charge in [0.2, 0.25) is 5.91 Å². The molecule has 2 aromatic rings. The van der Waals surface area contributed by atoms with Crippen LogP contribution in [0, 0.1) is 0 Å². The number of fused-ring (bicyclic) bond motifs is 1. The molecule has 156 valence electrons. The summed E-state index contributed by atoms with van der Waals surface area (Å²) >= 11 is 0. The molecule has 2 heterocycles. The quantitative estimate of drug-likeness (QED) is 0.676. The zero-order valence-corrected chi connectivity index (χ0v) is 17.3. The molecule has 1 fully saturated rings. The largest absolute Gasteiger partial charge is 0.488 e. The molecule has 0 saturated carbocycles. The molecule has 0 aromatic heterocycles. The van der Waals surface area contributed by atoms with E-state index < -0.39 is 0 Å². The Hall–Kier alpha value is -2.99. The van der Waals surface area contributed by atoms with E-state index in [0.29, 0.717) is 24.5 Å². The van der Waals surface area contributed by atoms with E-state index in [4.69, 9.17) is 4.74 Å². The van der Waals surface area contributed by atoms with Crippen molar-refractivity contribution in [2.24, 2.45) is 4.99 Å². The van der Waals surface area contributed by atoms with E-state index in [1.54, 1.807) is 12.3 Å². The number of hydrogen-bond acceptors (Lipinski definition) is 4. The van der Waals surface area contributed by atoms with Crippen LogP contribution in [-0.4, -0.2) is 54.0 Å². The van der Waals surface area contributed by atoms with Crippen LogP contribution in [0.15, 0.2) is 47.5 Å². The Labute approximate surface area is 177 Å². The molecule has 0 N–H and O–H groups in total. The fourth-order valence-electron chi connectivity index (χ4n) is 3.82. The molecule has 1 saturated heterocycles. The van der Waals surface area contributed by atoms with Gasteiger partial charge in [0.25, 0.3) is 5.91 Å². The molecule has 4 rings (SSSR count). The third-order valence-corrected chi connectivity index (χ3v) is 5.61. The lowest BCUT2D eigenvalue weighted by atomic mass is 10.1. The molecule has 2 aliphatic rings. The van der Waals surface area contributed by atoms with Crippen molar-refractivity contribution in [1.29, 1.82) is 0 Å². The van der Waals surface area contributed by atoms with Crippen molar-refractivity contribution in [2.75, 3.05) is 26.2 Å². The highest BCUT2D eigenvalue weighted by Crippen LogP contribution is 2.26. The highest BCUT2D eigenvalue weighted by Gasteiger charge is 2.23. The molecule has 0 bridgehead atoms. The highest BCUT2D eigenvalue weighted by molar-refractivity contribution is 6.14. The van der Waals surface area contributed by atoms with Crippen LogP contribution in [0.5, 0.6) is 5.75 Å². The van der Waals surface area contributed by atoms with E-state index in [9.17, 15) is 9.59 Å². The minimum atomic E-state index is -0.218. The Morgan fingerprint density at radius 3 is 2.60 bits per heavy atom. The van der Waals surface area contributed by atoms with Crippen LogP contribution >= 0.6 is 0 Å². The van der Waals surface area contributed by atoms with Gasteiger partial charge in [-0.1, -0.05) is 43.7 Å². The van der Waals surface area contributed by atoms with Gasteiger partial charge in [-0.2, -0.15) is 0 Å². The van der Waals surface area contributed by atoms with Gasteiger partial charge in [0.1, 0.15) is 12.4 Å². The van der Waals surface area contributed by atoms with Crippen LogP contribution in [0.3, 0.4) is 0 Å². The average Bonchev–Trinajstić information content (AvgIpc) is 3.14. The number of aliphatic imine (C=N–C) groups is 1. The predicted octanol–water partition coefficient (Wildman–Crippen LogP) is 3.28. The van der Waals surface area contributed by atoms with E-state index in [-0.39, 0.29) is 11.8 Å². The molecule has 0 aliphatic carbocycles. The van der Waals surface area contributed by atoms with Gasteiger partial charge in [-0.25, -0.2) is 4.99 Å². The van der Waals surface area contributed by atoms with Crippen LogP contribution in [0.25, 0.3) is 0 Å². The Morgan fingerprint density at radius 2 is 1.83 bits per heavy atom. The first-order valence-electron chi connectivity index (χ1n) is 10.6. The minimum absolute atomic E-state index is 0.218. The monoisotopic (exact) mass is 405 g/mol. The Kier molecular flexibility index (Phi) is 6.23. The van der Waals surface area contributed by atoms with E-state index in [0.717, 1.165) is 50.1 Å². The van der Waals surface area contributed by atoms with Crippen molar-refractivity contribution in [3.8, 4) is 5.75 Å². The van der Waals surface area contributed by atoms with Crippen molar-refractivity contribution in [3.63, 3.8) is 0 Å². The molecule has 2 aromatic carbocycles. The maximum absolute atomic E-state index is 12.3. The van der Waals surface area contributed by atoms with Crippen LogP contribution in [-0.2, 0) is 17.9 Å². The molecule has 2 amide bonds. The molecule has 6 nitrogen and oxygen atoms in total. The third-order valence-electron chi connectivity index (χ3n) is 5.61. The summed E-state index contributed by atoms with van der Waals surface area (Å²) in [6, 6.07) is 13.7. The SMILES string of the molecule is CCCCN1CCN(Cc2ccc(COc3cccc4c3C=NC4=O)cc2)CC1=O. The first kappa shape index (κ1) is 20.3. The summed E-state index contributed by atoms with van der Waals surface area (Å²) in [4.78, 5) is 32.0. The number of nitrogens with zero attached hydrogens (tertiary/aromatic N) is 3. The van der Waals surface area contributed by atoms with E-state index in [1.165, 1.54) is 5.56 Å². The zero-order valence-electron chi connectivity index (χ0n) is 17.3. The van der Waals surface area contributed by atoms with Gasteiger partial charge in [-0.3, -0.25) is 14.5 Å². The summed E-state index contributed by atoms with van der Waals surface area (Å²) in [5, 5.41) is 0. The first-order valence-corrected chi connectivity index (χ1v) is 10.6. The molecule has 0 unspecified atom stereocenters. The van der Waals surface area contributed by atoms with Gasteiger partial charge in [0.15, 0.2) is 0 Å². The normalized spacial score (nSPS) is 16.2. The summed E-state index contributed by atoms with van der Waals surface area (Å²) in [5.41, 5.74) is 3.58. The lowest BCUT2D eigenvalue weighted by molar-refractivity contribution is -0.136. The van der Waals surface area contributed by atoms with Crippen LogP contribution < -0.4 is 4.74 Å². The van der Waals surface area contributed by atoms with Gasteiger partial charge in [-0.05, 0) is 29.7 Å². The van der Waals surface area contributed by atoms with Gasteiger partial charge in [0, 0.05) is 38.0 Å². The zero-order chi connectivity index (χ0) is 20.9. The topological polar surface area (TPSA) is 62.2 Å². The maximum Gasteiger partial charge on any atom is 0.277 e. The smallest absolute Gasteiger partial charge is 0.277 e.